The van der Waals surface area contributed by atoms with Gasteiger partial charge in [0.05, 0.1) is 0 Å². The fourth-order valence-corrected chi connectivity index (χ4v) is 11.7. The summed E-state index contributed by atoms with van der Waals surface area (Å²) < 4.78 is 9.63. The van der Waals surface area contributed by atoms with Gasteiger partial charge in [-0.1, -0.05) is 166 Å². The van der Waals surface area contributed by atoms with Crippen molar-refractivity contribution in [2.24, 2.45) is 0 Å². The second-order valence-corrected chi connectivity index (χ2v) is 18.7. The van der Waals surface area contributed by atoms with E-state index in [9.17, 15) is 0 Å². The van der Waals surface area contributed by atoms with Gasteiger partial charge in [0.1, 0.15) is 11.2 Å². The van der Waals surface area contributed by atoms with Gasteiger partial charge in [0, 0.05) is 59.0 Å². The Balaban J connectivity index is 0.969. The summed E-state index contributed by atoms with van der Waals surface area (Å²) in [6, 6.07) is 77.7. The second kappa shape index (κ2) is 14.2. The average molecular weight is 836 g/mol. The number of nitrogens with zero attached hydrogens (tertiary/aromatic N) is 1. The Morgan fingerprint density at radius 1 is 0.406 bits per heavy atom. The number of fused-ring (bicyclic) bond motifs is 10. The average Bonchev–Trinajstić information content (AvgIpc) is 3.98. The molecular formula is C61H41NOS. The largest absolute Gasteiger partial charge is 0.455 e. The van der Waals surface area contributed by atoms with E-state index in [1.165, 1.54) is 81.0 Å². The maximum absolute atomic E-state index is 6.99. The molecule has 13 rings (SSSR count). The first kappa shape index (κ1) is 36.9. The van der Waals surface area contributed by atoms with E-state index in [0.29, 0.717) is 0 Å². The van der Waals surface area contributed by atoms with E-state index < -0.39 is 0 Å². The van der Waals surface area contributed by atoms with Gasteiger partial charge in [-0.15, -0.1) is 11.3 Å². The van der Waals surface area contributed by atoms with Crippen LogP contribution in [0.3, 0.4) is 0 Å². The minimum Gasteiger partial charge on any atom is -0.455 e. The zero-order valence-corrected chi connectivity index (χ0v) is 36.3. The first-order valence-corrected chi connectivity index (χ1v) is 22.9. The highest BCUT2D eigenvalue weighted by atomic mass is 32.1. The minimum absolute atomic E-state index is 0.110. The van der Waals surface area contributed by atoms with Crippen molar-refractivity contribution >= 4 is 81.3 Å². The smallest absolute Gasteiger partial charge is 0.143 e. The van der Waals surface area contributed by atoms with Gasteiger partial charge in [0.2, 0.25) is 0 Å². The second-order valence-electron chi connectivity index (χ2n) is 17.6. The number of rotatable bonds is 6. The van der Waals surface area contributed by atoms with Crippen molar-refractivity contribution in [3.05, 3.63) is 223 Å². The van der Waals surface area contributed by atoms with E-state index >= 15 is 0 Å². The Morgan fingerprint density at radius 3 is 1.86 bits per heavy atom. The molecule has 0 atom stereocenters. The number of furan rings is 1. The molecule has 2 heterocycles. The molecule has 0 spiro atoms. The molecule has 0 N–H and O–H groups in total. The third-order valence-corrected chi connectivity index (χ3v) is 14.9. The van der Waals surface area contributed by atoms with Crippen LogP contribution < -0.4 is 4.90 Å². The van der Waals surface area contributed by atoms with Crippen molar-refractivity contribution in [2.75, 3.05) is 4.90 Å². The van der Waals surface area contributed by atoms with Gasteiger partial charge in [-0.25, -0.2) is 0 Å². The molecule has 0 amide bonds. The normalized spacial score (nSPS) is 13.0. The number of thiophene rings is 1. The molecule has 302 valence electrons. The summed E-state index contributed by atoms with van der Waals surface area (Å²) in [4.78, 5) is 2.37. The van der Waals surface area contributed by atoms with Crippen LogP contribution in [-0.2, 0) is 5.41 Å². The molecule has 10 aromatic carbocycles. The van der Waals surface area contributed by atoms with Gasteiger partial charge in [-0.3, -0.25) is 0 Å². The predicted octanol–water partition coefficient (Wildman–Crippen LogP) is 17.9. The van der Waals surface area contributed by atoms with Crippen molar-refractivity contribution in [3.63, 3.8) is 0 Å². The summed E-state index contributed by atoms with van der Waals surface area (Å²) >= 11 is 1.87. The van der Waals surface area contributed by atoms with E-state index in [0.717, 1.165) is 44.6 Å². The molecule has 2 nitrogen and oxygen atoms in total. The third kappa shape index (κ3) is 5.64. The first-order chi connectivity index (χ1) is 31.5. The lowest BCUT2D eigenvalue weighted by atomic mass is 9.81. The quantitative estimate of drug-likeness (QED) is 0.166. The van der Waals surface area contributed by atoms with E-state index in [2.05, 4.69) is 231 Å². The molecule has 0 radical (unpaired) electrons. The van der Waals surface area contributed by atoms with Crippen molar-refractivity contribution in [1.82, 2.24) is 0 Å². The summed E-state index contributed by atoms with van der Waals surface area (Å²) in [5.74, 6) is 0. The van der Waals surface area contributed by atoms with Gasteiger partial charge in [-0.2, -0.15) is 0 Å². The summed E-state index contributed by atoms with van der Waals surface area (Å²) in [6.07, 6.45) is 0. The van der Waals surface area contributed by atoms with Crippen LogP contribution in [-0.4, -0.2) is 0 Å². The molecule has 1 aliphatic carbocycles. The zero-order valence-electron chi connectivity index (χ0n) is 35.5. The topological polar surface area (TPSA) is 16.4 Å². The third-order valence-electron chi connectivity index (χ3n) is 13.7. The van der Waals surface area contributed by atoms with Crippen LogP contribution in [0.4, 0.5) is 17.1 Å². The first-order valence-electron chi connectivity index (χ1n) is 22.1. The van der Waals surface area contributed by atoms with Gasteiger partial charge in [-0.05, 0) is 122 Å². The van der Waals surface area contributed by atoms with Crippen LogP contribution in [0.1, 0.15) is 25.0 Å². The molecule has 0 bridgehead atoms. The molecule has 0 aliphatic heterocycles. The Bertz CT molecular complexity index is 3800. The zero-order chi connectivity index (χ0) is 42.5. The van der Waals surface area contributed by atoms with Crippen LogP contribution in [0.15, 0.2) is 217 Å². The van der Waals surface area contributed by atoms with Crippen molar-refractivity contribution in [3.8, 4) is 44.5 Å². The summed E-state index contributed by atoms with van der Waals surface area (Å²) in [5, 5.41) is 7.21. The highest BCUT2D eigenvalue weighted by Crippen LogP contribution is 2.51. The number of hydrogen-bond donors (Lipinski definition) is 0. The predicted molar refractivity (Wildman–Crippen MR) is 273 cm³/mol. The lowest BCUT2D eigenvalue weighted by Crippen LogP contribution is -2.14. The molecule has 0 fully saturated rings. The molecule has 0 saturated heterocycles. The molecule has 64 heavy (non-hydrogen) atoms. The number of anilines is 3. The van der Waals surface area contributed by atoms with Crippen LogP contribution in [0.2, 0.25) is 0 Å². The van der Waals surface area contributed by atoms with Crippen molar-refractivity contribution in [2.45, 2.75) is 19.3 Å². The number of benzene rings is 10. The van der Waals surface area contributed by atoms with Crippen molar-refractivity contribution in [1.29, 1.82) is 0 Å². The van der Waals surface area contributed by atoms with Crippen LogP contribution in [0, 0.1) is 0 Å². The van der Waals surface area contributed by atoms with Crippen LogP contribution in [0.25, 0.3) is 97.4 Å². The Kier molecular flexibility index (Phi) is 8.16. The summed E-state index contributed by atoms with van der Waals surface area (Å²) in [7, 11) is 0. The van der Waals surface area contributed by atoms with Crippen LogP contribution in [0.5, 0.6) is 0 Å². The molecule has 12 aromatic rings. The Hall–Kier alpha value is -7.72. The SMILES string of the molecule is CC1(C)c2ccccc2-c2ccc(-c3c4ccccc4cc4c3oc3ccc(N(c5ccc(-c6ccccc6)cc5)c5ccc(-c6cccc7c6sc6ccccc67)cc5)cc34)cc21. The van der Waals surface area contributed by atoms with E-state index in [-0.39, 0.29) is 5.41 Å². The molecule has 2 aromatic heterocycles. The monoisotopic (exact) mass is 835 g/mol. The maximum atomic E-state index is 6.99. The standard InChI is InChI=1S/C61H41NOS/c1-61(2)54-21-10-8-17-48(54)49-33-27-42(36-55(49)61)58-46-16-7-6-15-41(46)35-53-52-37-45(32-34-56(52)63-59(53)58)62(43-28-23-39(24-29-43)38-13-4-3-5-14-38)44-30-25-40(26-31-44)47-19-12-20-51-50-18-9-11-22-57(50)64-60(47)51/h3-37H,1-2H3. The fraction of sp³-hybridized carbons (Fsp3) is 0.0492. The summed E-state index contributed by atoms with van der Waals surface area (Å²) in [5.41, 5.74) is 17.4. The van der Waals surface area contributed by atoms with Gasteiger partial charge in [0.25, 0.3) is 0 Å². The van der Waals surface area contributed by atoms with Gasteiger partial charge in [0.15, 0.2) is 0 Å². The molecule has 3 heteroatoms. The highest BCUT2D eigenvalue weighted by Gasteiger charge is 2.35. The fourth-order valence-electron chi connectivity index (χ4n) is 10.5. The van der Waals surface area contributed by atoms with E-state index in [4.69, 9.17) is 4.42 Å². The van der Waals surface area contributed by atoms with Gasteiger partial charge >= 0.3 is 0 Å². The summed E-state index contributed by atoms with van der Waals surface area (Å²) in [6.45, 7) is 4.70. The molecule has 0 saturated carbocycles. The Labute approximate surface area is 375 Å². The highest BCUT2D eigenvalue weighted by molar-refractivity contribution is 7.26. The van der Waals surface area contributed by atoms with E-state index in [1.807, 2.05) is 11.3 Å². The minimum atomic E-state index is -0.110. The van der Waals surface area contributed by atoms with Crippen LogP contribution >= 0.6 is 11.3 Å². The number of hydrogen-bond acceptors (Lipinski definition) is 3. The lowest BCUT2D eigenvalue weighted by Gasteiger charge is -2.26. The van der Waals surface area contributed by atoms with E-state index in [1.54, 1.807) is 0 Å². The molecule has 0 unspecified atom stereocenters. The molecule has 1 aliphatic rings. The molecular weight excluding hydrogens is 795 g/mol. The maximum Gasteiger partial charge on any atom is 0.143 e. The van der Waals surface area contributed by atoms with Crippen molar-refractivity contribution < 1.29 is 4.42 Å². The van der Waals surface area contributed by atoms with Gasteiger partial charge < -0.3 is 9.32 Å². The Morgan fingerprint density at radius 2 is 1.03 bits per heavy atom. The lowest BCUT2D eigenvalue weighted by molar-refractivity contribution is 0.660.